The minimum atomic E-state index is -4.27. The van der Waals surface area contributed by atoms with E-state index in [0.29, 0.717) is 5.69 Å². The van der Waals surface area contributed by atoms with E-state index in [-0.39, 0.29) is 0 Å². The predicted molar refractivity (Wildman–Crippen MR) is 48.8 cm³/mol. The molecule has 0 heterocycles. The molecule has 0 saturated heterocycles. The molecule has 0 fully saturated rings. The summed E-state index contributed by atoms with van der Waals surface area (Å²) in [4.78, 5) is 0. The van der Waals surface area contributed by atoms with E-state index >= 15 is 0 Å². The van der Waals surface area contributed by atoms with Gasteiger partial charge in [0.1, 0.15) is 0 Å². The number of alkyl halides is 3. The van der Waals surface area contributed by atoms with Crippen molar-refractivity contribution in [3.8, 4) is 0 Å². The van der Waals surface area contributed by atoms with Crippen LogP contribution >= 0.6 is 0 Å². The van der Waals surface area contributed by atoms with Crippen molar-refractivity contribution < 1.29 is 13.2 Å². The van der Waals surface area contributed by atoms with Gasteiger partial charge in [0.15, 0.2) is 0 Å². The summed E-state index contributed by atoms with van der Waals surface area (Å²) in [7, 11) is 3.52. The Bertz CT molecular complexity index is 290. The van der Waals surface area contributed by atoms with Gasteiger partial charge >= 0.3 is 6.18 Å². The zero-order chi connectivity index (χ0) is 10.8. The maximum absolute atomic E-state index is 12.2. The van der Waals surface area contributed by atoms with Gasteiger partial charge in [-0.15, -0.1) is 0 Å². The Labute approximate surface area is 80.3 Å². The van der Waals surface area contributed by atoms with E-state index < -0.39 is 11.7 Å². The maximum atomic E-state index is 12.2. The highest BCUT2D eigenvalue weighted by Crippen LogP contribution is 2.29. The Balaban J connectivity index is 2.79. The van der Waals surface area contributed by atoms with Crippen molar-refractivity contribution in [1.82, 2.24) is 5.01 Å². The van der Waals surface area contributed by atoms with Gasteiger partial charge in [-0.3, -0.25) is 0 Å². The van der Waals surface area contributed by atoms with Gasteiger partial charge in [-0.05, 0) is 24.3 Å². The summed E-state index contributed by atoms with van der Waals surface area (Å²) in [6.07, 6.45) is -4.27. The van der Waals surface area contributed by atoms with Crippen LogP contribution in [0.25, 0.3) is 0 Å². The average Bonchev–Trinajstić information content (AvgIpc) is 2.02. The number of hydrazine groups is 1. The molecule has 1 aromatic rings. The molecule has 5 heteroatoms. The molecule has 1 aromatic carbocycles. The molecule has 0 aliphatic carbocycles. The lowest BCUT2D eigenvalue weighted by atomic mass is 10.2. The summed E-state index contributed by atoms with van der Waals surface area (Å²) < 4.78 is 36.5. The Morgan fingerprint density at radius 1 is 1.07 bits per heavy atom. The normalized spacial score (nSPS) is 11.9. The second-order valence-corrected chi connectivity index (χ2v) is 3.08. The first-order valence-electron chi connectivity index (χ1n) is 4.01. The maximum Gasteiger partial charge on any atom is 0.416 e. The number of anilines is 1. The fourth-order valence-electron chi connectivity index (χ4n) is 0.992. The Hall–Kier alpha value is -1.23. The third-order valence-corrected chi connectivity index (χ3v) is 1.56. The summed E-state index contributed by atoms with van der Waals surface area (Å²) >= 11 is 0. The smallest absolute Gasteiger partial charge is 0.319 e. The van der Waals surface area contributed by atoms with Crippen LogP contribution in [0.1, 0.15) is 5.56 Å². The topological polar surface area (TPSA) is 15.3 Å². The minimum absolute atomic E-state index is 0.628. The van der Waals surface area contributed by atoms with Crippen molar-refractivity contribution >= 4 is 5.69 Å². The number of hydrogen-bond donors (Lipinski definition) is 1. The lowest BCUT2D eigenvalue weighted by Gasteiger charge is -2.14. The van der Waals surface area contributed by atoms with Crippen LogP contribution in [0.5, 0.6) is 0 Å². The molecule has 0 atom stereocenters. The van der Waals surface area contributed by atoms with Crippen LogP contribution in [0.15, 0.2) is 24.3 Å². The highest BCUT2D eigenvalue weighted by molar-refractivity contribution is 5.44. The molecule has 0 amide bonds. The van der Waals surface area contributed by atoms with Crippen molar-refractivity contribution in [2.75, 3.05) is 19.5 Å². The highest BCUT2D eigenvalue weighted by Gasteiger charge is 2.29. The van der Waals surface area contributed by atoms with E-state index in [1.165, 1.54) is 12.1 Å². The SMILES string of the molecule is CN(C)Nc1ccc(C(F)(F)F)cc1. The standard InChI is InChI=1S/C9H11F3N2/c1-14(2)13-8-5-3-7(4-6-8)9(10,11)12/h3-6,13H,1-2H3. The molecule has 0 radical (unpaired) electrons. The third kappa shape index (κ3) is 2.92. The second kappa shape index (κ2) is 3.88. The van der Waals surface area contributed by atoms with Crippen LogP contribution in [-0.2, 0) is 6.18 Å². The first-order chi connectivity index (χ1) is 6.39. The lowest BCUT2D eigenvalue weighted by Crippen LogP contribution is -2.19. The first kappa shape index (κ1) is 10.8. The molecule has 0 spiro atoms. The van der Waals surface area contributed by atoms with E-state index in [9.17, 15) is 13.2 Å². The monoisotopic (exact) mass is 204 g/mol. The quantitative estimate of drug-likeness (QED) is 0.745. The minimum Gasteiger partial charge on any atom is -0.319 e. The molecular weight excluding hydrogens is 193 g/mol. The van der Waals surface area contributed by atoms with Gasteiger partial charge in [0.2, 0.25) is 0 Å². The van der Waals surface area contributed by atoms with Crippen LogP contribution in [-0.4, -0.2) is 19.1 Å². The van der Waals surface area contributed by atoms with E-state index in [1.54, 1.807) is 19.1 Å². The summed E-state index contributed by atoms with van der Waals surface area (Å²) in [6.45, 7) is 0. The van der Waals surface area contributed by atoms with Gasteiger partial charge in [0.05, 0.1) is 5.56 Å². The predicted octanol–water partition coefficient (Wildman–Crippen LogP) is 2.59. The number of nitrogens with zero attached hydrogens (tertiary/aromatic N) is 1. The number of halogens is 3. The molecule has 0 bridgehead atoms. The largest absolute Gasteiger partial charge is 0.416 e. The summed E-state index contributed by atoms with van der Waals surface area (Å²) in [5, 5.41) is 1.66. The second-order valence-electron chi connectivity index (χ2n) is 3.08. The molecule has 14 heavy (non-hydrogen) atoms. The molecule has 0 aliphatic heterocycles. The number of hydrogen-bond acceptors (Lipinski definition) is 2. The van der Waals surface area contributed by atoms with E-state index in [4.69, 9.17) is 0 Å². The van der Waals surface area contributed by atoms with Crippen LogP contribution in [0.4, 0.5) is 18.9 Å². The summed E-state index contributed by atoms with van der Waals surface area (Å²) in [6, 6.07) is 4.88. The van der Waals surface area contributed by atoms with E-state index in [1.807, 2.05) is 0 Å². The van der Waals surface area contributed by atoms with Gasteiger partial charge in [-0.1, -0.05) is 0 Å². The van der Waals surface area contributed by atoms with Crippen molar-refractivity contribution in [2.24, 2.45) is 0 Å². The van der Waals surface area contributed by atoms with Crippen molar-refractivity contribution in [2.45, 2.75) is 6.18 Å². The first-order valence-corrected chi connectivity index (χ1v) is 4.01. The molecule has 2 nitrogen and oxygen atoms in total. The molecular formula is C9H11F3N2. The molecule has 0 unspecified atom stereocenters. The Morgan fingerprint density at radius 3 is 1.93 bits per heavy atom. The zero-order valence-electron chi connectivity index (χ0n) is 7.89. The van der Waals surface area contributed by atoms with Crippen molar-refractivity contribution in [3.05, 3.63) is 29.8 Å². The molecule has 1 rings (SSSR count). The Kier molecular flexibility index (Phi) is 3.00. The van der Waals surface area contributed by atoms with Crippen LogP contribution in [0.2, 0.25) is 0 Å². The van der Waals surface area contributed by atoms with Crippen LogP contribution in [0, 0.1) is 0 Å². The zero-order valence-corrected chi connectivity index (χ0v) is 7.89. The molecule has 1 N–H and O–H groups in total. The lowest BCUT2D eigenvalue weighted by molar-refractivity contribution is -0.137. The number of nitrogens with one attached hydrogen (secondary N) is 1. The fraction of sp³-hybridized carbons (Fsp3) is 0.333. The van der Waals surface area contributed by atoms with Gasteiger partial charge in [-0.2, -0.15) is 13.2 Å². The van der Waals surface area contributed by atoms with Gasteiger partial charge in [-0.25, -0.2) is 5.01 Å². The summed E-state index contributed by atoms with van der Waals surface area (Å²) in [5.74, 6) is 0. The van der Waals surface area contributed by atoms with Crippen LogP contribution in [0.3, 0.4) is 0 Å². The third-order valence-electron chi connectivity index (χ3n) is 1.56. The van der Waals surface area contributed by atoms with Crippen molar-refractivity contribution in [3.63, 3.8) is 0 Å². The molecule has 0 saturated carbocycles. The average molecular weight is 204 g/mol. The van der Waals surface area contributed by atoms with Crippen molar-refractivity contribution in [1.29, 1.82) is 0 Å². The van der Waals surface area contributed by atoms with E-state index in [2.05, 4.69) is 5.43 Å². The number of rotatable bonds is 2. The van der Waals surface area contributed by atoms with Gasteiger partial charge in [0, 0.05) is 19.8 Å². The van der Waals surface area contributed by atoms with Gasteiger partial charge < -0.3 is 5.43 Å². The highest BCUT2D eigenvalue weighted by atomic mass is 19.4. The molecule has 0 aliphatic rings. The molecule has 0 aromatic heterocycles. The van der Waals surface area contributed by atoms with E-state index in [0.717, 1.165) is 12.1 Å². The Morgan fingerprint density at radius 2 is 1.57 bits per heavy atom. The summed E-state index contributed by atoms with van der Waals surface area (Å²) in [5.41, 5.74) is 2.84. The van der Waals surface area contributed by atoms with Crippen LogP contribution < -0.4 is 5.43 Å². The van der Waals surface area contributed by atoms with Gasteiger partial charge in [0.25, 0.3) is 0 Å². The molecule has 78 valence electrons. The fourth-order valence-corrected chi connectivity index (χ4v) is 0.992. The number of benzene rings is 1.